The highest BCUT2D eigenvalue weighted by atomic mass is 19.1. The molecule has 0 saturated heterocycles. The Morgan fingerprint density at radius 1 is 1.24 bits per heavy atom. The van der Waals surface area contributed by atoms with E-state index >= 15 is 0 Å². The number of aryl methyl sites for hydroxylation is 1. The van der Waals surface area contributed by atoms with Gasteiger partial charge in [-0.15, -0.1) is 0 Å². The summed E-state index contributed by atoms with van der Waals surface area (Å²) >= 11 is 0. The summed E-state index contributed by atoms with van der Waals surface area (Å²) in [6, 6.07) is 10.8. The van der Waals surface area contributed by atoms with Crippen LogP contribution < -0.4 is 0 Å². The number of aromatic amines is 1. The molecule has 4 aromatic rings. The molecule has 34 heavy (non-hydrogen) atoms. The number of carbonyl (C=O) groups is 1. The van der Waals surface area contributed by atoms with Crippen molar-refractivity contribution < 1.29 is 13.9 Å². The molecule has 178 valence electrons. The number of rotatable bonds is 4. The predicted molar refractivity (Wildman–Crippen MR) is 133 cm³/mol. The van der Waals surface area contributed by atoms with Gasteiger partial charge in [0.25, 0.3) is 0 Å². The van der Waals surface area contributed by atoms with Crippen molar-refractivity contribution in [1.29, 1.82) is 0 Å². The molecule has 2 heterocycles. The zero-order valence-electron chi connectivity index (χ0n) is 20.5. The van der Waals surface area contributed by atoms with Gasteiger partial charge in [0.2, 0.25) is 0 Å². The lowest BCUT2D eigenvalue weighted by Crippen LogP contribution is -2.30. The number of aromatic nitrogens is 3. The number of hydrogen-bond donors (Lipinski definition) is 1. The Hall–Kier alpha value is -3.15. The highest BCUT2D eigenvalue weighted by Crippen LogP contribution is 2.45. The molecule has 2 aromatic carbocycles. The number of imidazole rings is 1. The molecule has 5 nitrogen and oxygen atoms in total. The highest BCUT2D eigenvalue weighted by Gasteiger charge is 2.34. The maximum Gasteiger partial charge on any atom is 0.337 e. The summed E-state index contributed by atoms with van der Waals surface area (Å²) in [5.41, 5.74) is 5.56. The monoisotopic (exact) mass is 461 g/mol. The predicted octanol–water partition coefficient (Wildman–Crippen LogP) is 6.73. The molecule has 6 heteroatoms. The zero-order valence-corrected chi connectivity index (χ0v) is 20.5. The van der Waals surface area contributed by atoms with Crippen molar-refractivity contribution in [2.45, 2.75) is 59.4 Å². The number of esters is 1. The Balaban J connectivity index is 1.67. The van der Waals surface area contributed by atoms with E-state index in [1.54, 1.807) is 12.1 Å². The van der Waals surface area contributed by atoms with Crippen LogP contribution in [0.5, 0.6) is 0 Å². The number of nitrogens with zero attached hydrogens (tertiary/aromatic N) is 2. The van der Waals surface area contributed by atoms with Crippen LogP contribution in [0.4, 0.5) is 4.39 Å². The van der Waals surface area contributed by atoms with E-state index in [0.29, 0.717) is 23.9 Å². The minimum atomic E-state index is -0.367. The third-order valence-corrected chi connectivity index (χ3v) is 7.33. The minimum Gasteiger partial charge on any atom is -0.465 e. The average molecular weight is 462 g/mol. The third-order valence-electron chi connectivity index (χ3n) is 7.33. The molecule has 1 N–H and O–H groups in total. The van der Waals surface area contributed by atoms with Crippen LogP contribution in [0.2, 0.25) is 0 Å². The normalized spacial score (nSPS) is 20.2. The van der Waals surface area contributed by atoms with Gasteiger partial charge in [0.05, 0.1) is 23.7 Å². The molecule has 1 aliphatic rings. The van der Waals surface area contributed by atoms with Crippen molar-refractivity contribution in [3.05, 3.63) is 64.9 Å². The maximum absolute atomic E-state index is 14.1. The third kappa shape index (κ3) is 3.99. The molecular weight excluding hydrogens is 429 g/mol. The standard InChI is InChI=1S/C28H32FN3O2/c1-16-10-20(15-28(3,4)14-16)32-25-9-6-18(27(33)34-5)11-24(25)31-26(32)13-21-17(2)30-23-8-7-19(29)12-22(21)23/h6-9,11-12,16,20,30H,10,13-15H2,1-5H3. The summed E-state index contributed by atoms with van der Waals surface area (Å²) in [7, 11) is 1.39. The molecule has 2 atom stereocenters. The van der Waals surface area contributed by atoms with Gasteiger partial charge in [0.1, 0.15) is 11.6 Å². The van der Waals surface area contributed by atoms with Gasteiger partial charge in [0, 0.05) is 29.1 Å². The number of benzene rings is 2. The summed E-state index contributed by atoms with van der Waals surface area (Å²) in [4.78, 5) is 20.6. The lowest BCUT2D eigenvalue weighted by Gasteiger charge is -2.40. The summed E-state index contributed by atoms with van der Waals surface area (Å²) < 4.78 is 21.4. The lowest BCUT2D eigenvalue weighted by molar-refractivity contribution is 0.0601. The molecule has 2 aromatic heterocycles. The Bertz CT molecular complexity index is 1400. The van der Waals surface area contributed by atoms with Crippen molar-refractivity contribution in [3.8, 4) is 0 Å². The molecule has 0 amide bonds. The fourth-order valence-corrected chi connectivity index (χ4v) is 6.16. The Morgan fingerprint density at radius 3 is 2.76 bits per heavy atom. The smallest absolute Gasteiger partial charge is 0.337 e. The van der Waals surface area contributed by atoms with Crippen LogP contribution in [0.3, 0.4) is 0 Å². The van der Waals surface area contributed by atoms with E-state index in [-0.39, 0.29) is 17.2 Å². The van der Waals surface area contributed by atoms with Gasteiger partial charge in [-0.05, 0) is 79.5 Å². The van der Waals surface area contributed by atoms with E-state index in [2.05, 4.69) is 30.3 Å². The molecule has 5 rings (SSSR count). The molecule has 2 unspecified atom stereocenters. The highest BCUT2D eigenvalue weighted by molar-refractivity contribution is 5.94. The summed E-state index contributed by atoms with van der Waals surface area (Å²) in [5.74, 6) is 0.942. The van der Waals surface area contributed by atoms with Gasteiger partial charge < -0.3 is 14.3 Å². The number of hydrogen-bond acceptors (Lipinski definition) is 3. The van der Waals surface area contributed by atoms with Gasteiger partial charge in [-0.1, -0.05) is 20.8 Å². The SMILES string of the molecule is COC(=O)c1ccc2c(c1)nc(Cc1c(C)[nH]c3ccc(F)cc13)n2C1CC(C)CC(C)(C)C1. The van der Waals surface area contributed by atoms with E-state index < -0.39 is 0 Å². The Labute approximate surface area is 199 Å². The van der Waals surface area contributed by atoms with Crippen LogP contribution in [0.25, 0.3) is 21.9 Å². The summed E-state index contributed by atoms with van der Waals surface area (Å²) in [5, 5.41) is 0.892. The second-order valence-corrected chi connectivity index (χ2v) is 10.8. The molecule has 0 spiro atoms. The first-order chi connectivity index (χ1) is 16.1. The van der Waals surface area contributed by atoms with Crippen molar-refractivity contribution in [2.75, 3.05) is 7.11 Å². The quantitative estimate of drug-likeness (QED) is 0.343. The summed E-state index contributed by atoms with van der Waals surface area (Å²) in [6.45, 7) is 9.04. The summed E-state index contributed by atoms with van der Waals surface area (Å²) in [6.07, 6.45) is 3.94. The molecule has 0 bridgehead atoms. The van der Waals surface area contributed by atoms with E-state index in [0.717, 1.165) is 51.9 Å². The van der Waals surface area contributed by atoms with Gasteiger partial charge in [-0.25, -0.2) is 14.2 Å². The molecule has 0 radical (unpaired) electrons. The molecular formula is C28H32FN3O2. The molecule has 1 aliphatic carbocycles. The zero-order chi connectivity index (χ0) is 24.2. The first-order valence-electron chi connectivity index (χ1n) is 12.0. The number of carbonyl (C=O) groups excluding carboxylic acids is 1. The number of H-pyrrole nitrogens is 1. The van der Waals surface area contributed by atoms with Gasteiger partial charge >= 0.3 is 5.97 Å². The molecule has 0 aliphatic heterocycles. The van der Waals surface area contributed by atoms with Gasteiger partial charge in [-0.3, -0.25) is 0 Å². The number of nitrogens with one attached hydrogen (secondary N) is 1. The van der Waals surface area contributed by atoms with Crippen LogP contribution in [-0.2, 0) is 11.2 Å². The first kappa shape index (κ1) is 22.6. The van der Waals surface area contributed by atoms with Crippen LogP contribution in [0.1, 0.15) is 73.5 Å². The molecule has 1 fully saturated rings. The largest absolute Gasteiger partial charge is 0.465 e. The van der Waals surface area contributed by atoms with E-state index in [9.17, 15) is 9.18 Å². The van der Waals surface area contributed by atoms with Crippen LogP contribution in [-0.4, -0.2) is 27.6 Å². The fraction of sp³-hybridized carbons (Fsp3) is 0.429. The maximum atomic E-state index is 14.1. The van der Waals surface area contributed by atoms with Gasteiger partial charge in [-0.2, -0.15) is 0 Å². The number of halogens is 1. The molecule has 1 saturated carbocycles. The second-order valence-electron chi connectivity index (χ2n) is 10.8. The first-order valence-corrected chi connectivity index (χ1v) is 12.0. The fourth-order valence-electron chi connectivity index (χ4n) is 6.16. The topological polar surface area (TPSA) is 59.9 Å². The van der Waals surface area contributed by atoms with Crippen LogP contribution >= 0.6 is 0 Å². The average Bonchev–Trinajstić information content (AvgIpc) is 3.28. The van der Waals surface area contributed by atoms with E-state index in [1.165, 1.54) is 19.6 Å². The number of ether oxygens (including phenoxy) is 1. The minimum absolute atomic E-state index is 0.238. The van der Waals surface area contributed by atoms with Crippen molar-refractivity contribution in [2.24, 2.45) is 11.3 Å². The van der Waals surface area contributed by atoms with Crippen molar-refractivity contribution >= 4 is 27.9 Å². The Kier molecular flexibility index (Phi) is 5.50. The number of fused-ring (bicyclic) bond motifs is 2. The van der Waals surface area contributed by atoms with Gasteiger partial charge in [0.15, 0.2) is 0 Å². The number of methoxy groups -OCH3 is 1. The van der Waals surface area contributed by atoms with Crippen molar-refractivity contribution in [3.63, 3.8) is 0 Å². The second kappa shape index (κ2) is 8.26. The van der Waals surface area contributed by atoms with E-state index in [4.69, 9.17) is 9.72 Å². The van der Waals surface area contributed by atoms with Crippen molar-refractivity contribution in [1.82, 2.24) is 14.5 Å². The lowest BCUT2D eigenvalue weighted by atomic mass is 9.70. The Morgan fingerprint density at radius 2 is 2.03 bits per heavy atom. The van der Waals surface area contributed by atoms with E-state index in [1.807, 2.05) is 25.1 Å². The van der Waals surface area contributed by atoms with Crippen LogP contribution in [0, 0.1) is 24.1 Å². The van der Waals surface area contributed by atoms with Crippen LogP contribution in [0.15, 0.2) is 36.4 Å².